The number of furan rings is 1. The summed E-state index contributed by atoms with van der Waals surface area (Å²) in [4.78, 5) is 0. The van der Waals surface area contributed by atoms with Crippen molar-refractivity contribution in [1.29, 1.82) is 0 Å². The van der Waals surface area contributed by atoms with Crippen LogP contribution in [0, 0.1) is 0 Å². The normalized spacial score (nSPS) is 13.3. The molecule has 1 unspecified atom stereocenters. The molecule has 0 saturated carbocycles. The van der Waals surface area contributed by atoms with Gasteiger partial charge in [-0.05, 0) is 227 Å². The van der Waals surface area contributed by atoms with Gasteiger partial charge in [0, 0.05) is 73.5 Å². The van der Waals surface area contributed by atoms with Crippen molar-refractivity contribution in [1.82, 2.24) is 4.57 Å². The summed E-state index contributed by atoms with van der Waals surface area (Å²) in [6, 6.07) is 118. The van der Waals surface area contributed by atoms with Gasteiger partial charge in [-0.2, -0.15) is 0 Å². The van der Waals surface area contributed by atoms with Crippen LogP contribution in [0.3, 0.4) is 0 Å². The second kappa shape index (κ2) is 21.6. The third-order valence-corrected chi connectivity index (χ3v) is 22.8. The molecule has 15 aromatic carbocycles. The molecule has 0 aliphatic heterocycles. The standard InChI is InChI=1S/C91H57NOS2/c1-2-14-55(15-3-1)60-20-11-21-68(47-60)92-83-41-34-63(50-78(83)79-51-64(35-42-84(79)92)65-36-43-88-80(52-65)74-23-7-9-29-87(74)94-88)59-19-10-18-58(46-59)62-33-40-73-72(71-26-12-17-56-16-4-5-22-69(56)71)39-32-57-30-31-61(48-76(57)77(73)49-62)66-37-44-89-81(53-66)82-54-67(38-45-90(82)95-89)70-25-13-28-86-91(70)75-24-6-8-27-85(75)93-86/h1-31,33-38,40-54,72H,32,39H2. The molecule has 2 nitrogen and oxygen atoms in total. The highest BCUT2D eigenvalue weighted by Gasteiger charge is 2.27. The van der Waals surface area contributed by atoms with Gasteiger partial charge in [0.25, 0.3) is 0 Å². The van der Waals surface area contributed by atoms with Gasteiger partial charge in [-0.3, -0.25) is 0 Å². The Bertz CT molecular complexity index is 6360. The van der Waals surface area contributed by atoms with Crippen LogP contribution >= 0.6 is 22.7 Å². The van der Waals surface area contributed by atoms with E-state index in [9.17, 15) is 0 Å². The number of aryl methyl sites for hydroxylation is 1. The SMILES string of the molecule is c1ccc(-c2cccc(-n3c4ccc(-c5cccc(-c6ccc7c(c6)-c6cc(-c8ccc9sc%10ccc(-c%11cccc%12oc%13ccccc%13c%11%12)cc%10c9c8)ccc6CCC7c6cccc7ccccc67)c5)cc4c4cc(-c5ccc6sc7ccccc7c6c5)ccc43)c2)cc1. The number of rotatable bonds is 8. The molecule has 4 heteroatoms. The Morgan fingerprint density at radius 3 is 1.53 bits per heavy atom. The summed E-state index contributed by atoms with van der Waals surface area (Å²) in [6.07, 6.45) is 1.98. The van der Waals surface area contributed by atoms with Gasteiger partial charge in [0.05, 0.1) is 11.0 Å². The van der Waals surface area contributed by atoms with Gasteiger partial charge < -0.3 is 8.98 Å². The minimum atomic E-state index is 0.203. The third-order valence-electron chi connectivity index (χ3n) is 20.5. The number of benzene rings is 15. The van der Waals surface area contributed by atoms with E-state index in [0.29, 0.717) is 0 Å². The van der Waals surface area contributed by atoms with Crippen molar-refractivity contribution < 1.29 is 4.42 Å². The predicted octanol–water partition coefficient (Wildman–Crippen LogP) is 26.3. The van der Waals surface area contributed by atoms with Crippen molar-refractivity contribution in [2.45, 2.75) is 18.8 Å². The van der Waals surface area contributed by atoms with Crippen LogP contribution in [0.5, 0.6) is 0 Å². The third kappa shape index (κ3) is 8.90. The Labute approximate surface area is 557 Å². The summed E-state index contributed by atoms with van der Waals surface area (Å²) in [5, 5.41) is 12.6. The molecule has 1 aliphatic rings. The van der Waals surface area contributed by atoms with E-state index in [1.54, 1.807) is 0 Å². The summed E-state index contributed by atoms with van der Waals surface area (Å²) >= 11 is 3.74. The molecule has 444 valence electrons. The molecule has 4 heterocycles. The Balaban J connectivity index is 0.713. The van der Waals surface area contributed by atoms with Gasteiger partial charge in [0.2, 0.25) is 0 Å². The number of thiophene rings is 2. The molecule has 0 spiro atoms. The zero-order valence-electron chi connectivity index (χ0n) is 51.7. The maximum absolute atomic E-state index is 6.36. The fourth-order valence-corrected chi connectivity index (χ4v) is 18.0. The average molecular weight is 1240 g/mol. The van der Waals surface area contributed by atoms with Gasteiger partial charge in [-0.15, -0.1) is 22.7 Å². The minimum Gasteiger partial charge on any atom is -0.456 e. The Kier molecular flexibility index (Phi) is 12.3. The fraction of sp³-hybridized carbons (Fsp3) is 0.0330. The molecule has 0 N–H and O–H groups in total. The molecular formula is C91H57NOS2. The van der Waals surface area contributed by atoms with Crippen LogP contribution in [0.2, 0.25) is 0 Å². The maximum atomic E-state index is 6.36. The van der Waals surface area contributed by atoms with E-state index in [1.807, 2.05) is 28.7 Å². The Morgan fingerprint density at radius 2 is 0.779 bits per heavy atom. The first-order valence-corrected chi connectivity index (χ1v) is 34.6. The molecule has 1 aliphatic carbocycles. The van der Waals surface area contributed by atoms with Crippen LogP contribution in [-0.4, -0.2) is 4.57 Å². The summed E-state index contributed by atoms with van der Waals surface area (Å²) in [5.41, 5.74) is 26.5. The zero-order chi connectivity index (χ0) is 62.2. The largest absolute Gasteiger partial charge is 0.456 e. The first-order chi connectivity index (χ1) is 47.0. The zero-order valence-corrected chi connectivity index (χ0v) is 53.3. The van der Waals surface area contributed by atoms with Gasteiger partial charge in [0.15, 0.2) is 0 Å². The molecular weight excluding hydrogens is 1190 g/mol. The maximum Gasteiger partial charge on any atom is 0.136 e. The highest BCUT2D eigenvalue weighted by molar-refractivity contribution is 7.26. The lowest BCUT2D eigenvalue weighted by molar-refractivity contribution is 0.669. The quantitative estimate of drug-likeness (QED) is 0.148. The van der Waals surface area contributed by atoms with Crippen LogP contribution in [0.1, 0.15) is 29.0 Å². The smallest absolute Gasteiger partial charge is 0.136 e. The van der Waals surface area contributed by atoms with Crippen LogP contribution in [0.25, 0.3) is 178 Å². The number of nitrogens with zero attached hydrogens (tertiary/aromatic N) is 1. The fourth-order valence-electron chi connectivity index (χ4n) is 15.9. The van der Waals surface area contributed by atoms with Gasteiger partial charge in [-0.1, -0.05) is 206 Å². The van der Waals surface area contributed by atoms with E-state index in [-0.39, 0.29) is 5.92 Å². The Hall–Kier alpha value is -11.4. The van der Waals surface area contributed by atoms with E-state index in [0.717, 1.165) is 35.1 Å². The number of para-hydroxylation sites is 1. The molecule has 0 amide bonds. The highest BCUT2D eigenvalue weighted by atomic mass is 32.1. The number of aromatic nitrogens is 1. The molecule has 20 rings (SSSR count). The van der Waals surface area contributed by atoms with Gasteiger partial charge >= 0.3 is 0 Å². The molecule has 0 fully saturated rings. The number of fused-ring (bicyclic) bond motifs is 16. The van der Waals surface area contributed by atoms with Crippen molar-refractivity contribution >= 4 is 118 Å². The molecule has 0 saturated heterocycles. The molecule has 95 heavy (non-hydrogen) atoms. The summed E-state index contributed by atoms with van der Waals surface area (Å²) < 4.78 is 14.0. The van der Waals surface area contributed by atoms with Crippen molar-refractivity contribution in [2.24, 2.45) is 0 Å². The molecule has 0 bridgehead atoms. The van der Waals surface area contributed by atoms with Crippen LogP contribution in [0.4, 0.5) is 0 Å². The number of hydrogen-bond donors (Lipinski definition) is 0. The van der Waals surface area contributed by atoms with Gasteiger partial charge in [0.1, 0.15) is 11.2 Å². The summed E-state index contributed by atoms with van der Waals surface area (Å²) in [7, 11) is 0. The monoisotopic (exact) mass is 1240 g/mol. The minimum absolute atomic E-state index is 0.203. The summed E-state index contributed by atoms with van der Waals surface area (Å²) in [6.45, 7) is 0. The van der Waals surface area contributed by atoms with Crippen LogP contribution in [0.15, 0.2) is 320 Å². The van der Waals surface area contributed by atoms with Crippen LogP contribution < -0.4 is 0 Å². The van der Waals surface area contributed by atoms with Gasteiger partial charge in [-0.25, -0.2) is 0 Å². The van der Waals surface area contributed by atoms with E-state index in [2.05, 4.69) is 314 Å². The van der Waals surface area contributed by atoms with E-state index in [4.69, 9.17) is 4.42 Å². The van der Waals surface area contributed by atoms with Crippen molar-refractivity contribution in [3.63, 3.8) is 0 Å². The second-order valence-electron chi connectivity index (χ2n) is 25.7. The average Bonchev–Trinajstić information content (AvgIpc) is 1.60. The van der Waals surface area contributed by atoms with Crippen LogP contribution in [-0.2, 0) is 6.42 Å². The predicted molar refractivity (Wildman–Crippen MR) is 406 cm³/mol. The summed E-state index contributed by atoms with van der Waals surface area (Å²) in [5.74, 6) is 0.203. The van der Waals surface area contributed by atoms with E-state index >= 15 is 0 Å². The lowest BCUT2D eigenvalue weighted by Gasteiger charge is -2.21. The highest BCUT2D eigenvalue weighted by Crippen LogP contribution is 2.49. The first kappa shape index (κ1) is 54.2. The van der Waals surface area contributed by atoms with E-state index < -0.39 is 0 Å². The number of hydrogen-bond acceptors (Lipinski definition) is 3. The lowest BCUT2D eigenvalue weighted by atomic mass is 9.82. The second-order valence-corrected chi connectivity index (χ2v) is 27.9. The molecule has 19 aromatic rings. The molecule has 4 aromatic heterocycles. The van der Waals surface area contributed by atoms with Crippen molar-refractivity contribution in [3.05, 3.63) is 332 Å². The van der Waals surface area contributed by atoms with Crippen molar-refractivity contribution in [2.75, 3.05) is 0 Å². The molecule has 1 atom stereocenters. The van der Waals surface area contributed by atoms with E-state index in [1.165, 1.54) is 173 Å². The molecule has 0 radical (unpaired) electrons. The van der Waals surface area contributed by atoms with Crippen molar-refractivity contribution in [3.8, 4) is 83.6 Å². The topological polar surface area (TPSA) is 18.1 Å². The Morgan fingerprint density at radius 1 is 0.284 bits per heavy atom. The first-order valence-electron chi connectivity index (χ1n) is 32.9. The lowest BCUT2D eigenvalue weighted by Crippen LogP contribution is -2.03.